The first-order chi connectivity index (χ1) is 7.52. The lowest BCUT2D eigenvalue weighted by molar-refractivity contribution is 0.0950. The molecule has 0 aliphatic carbocycles. The Kier molecular flexibility index (Phi) is 5.25. The third kappa shape index (κ3) is 3.77. The zero-order valence-electron chi connectivity index (χ0n) is 9.26. The van der Waals surface area contributed by atoms with Crippen molar-refractivity contribution in [3.63, 3.8) is 0 Å². The molecule has 1 rings (SSSR count). The van der Waals surface area contributed by atoms with Crippen molar-refractivity contribution in [1.29, 1.82) is 0 Å². The number of hydrogen-bond donors (Lipinski definition) is 1. The van der Waals surface area contributed by atoms with Gasteiger partial charge in [-0.05, 0) is 42.2 Å². The maximum atomic E-state index is 11.8. The van der Waals surface area contributed by atoms with Gasteiger partial charge in [-0.1, -0.05) is 17.7 Å². The monoisotopic (exact) mass is 304 g/mol. The molecule has 1 aromatic rings. The standard InChI is InChI=1S/C11H14BrClN2O/c1-15(2)7-6-14-11(16)10-8(12)4-3-5-9(10)13/h3-5H,6-7H2,1-2H3,(H,14,16). The second-order valence-corrected chi connectivity index (χ2v) is 4.92. The van der Waals surface area contributed by atoms with Gasteiger partial charge in [-0.3, -0.25) is 4.79 Å². The van der Waals surface area contributed by atoms with E-state index < -0.39 is 0 Å². The molecule has 0 radical (unpaired) electrons. The quantitative estimate of drug-likeness (QED) is 0.926. The molecule has 1 N–H and O–H groups in total. The average molecular weight is 306 g/mol. The highest BCUT2D eigenvalue weighted by Gasteiger charge is 2.13. The smallest absolute Gasteiger partial charge is 0.253 e. The summed E-state index contributed by atoms with van der Waals surface area (Å²) < 4.78 is 0.711. The highest BCUT2D eigenvalue weighted by Crippen LogP contribution is 2.24. The Morgan fingerprint density at radius 1 is 1.50 bits per heavy atom. The second-order valence-electron chi connectivity index (χ2n) is 3.66. The Hall–Kier alpha value is -0.580. The summed E-state index contributed by atoms with van der Waals surface area (Å²) >= 11 is 9.28. The SMILES string of the molecule is CN(C)CCNC(=O)c1c(Cl)cccc1Br. The van der Waals surface area contributed by atoms with Crippen LogP contribution in [0.25, 0.3) is 0 Å². The van der Waals surface area contributed by atoms with Gasteiger partial charge in [0.2, 0.25) is 0 Å². The zero-order chi connectivity index (χ0) is 12.1. The molecule has 1 amide bonds. The Labute approximate surface area is 109 Å². The molecule has 16 heavy (non-hydrogen) atoms. The molecule has 0 aliphatic heterocycles. The molecule has 1 aromatic carbocycles. The van der Waals surface area contributed by atoms with E-state index in [0.717, 1.165) is 6.54 Å². The van der Waals surface area contributed by atoms with Crippen molar-refractivity contribution in [2.45, 2.75) is 0 Å². The number of benzene rings is 1. The Bertz CT molecular complexity index is 362. The maximum absolute atomic E-state index is 11.8. The van der Waals surface area contributed by atoms with E-state index in [4.69, 9.17) is 11.6 Å². The molecule has 88 valence electrons. The summed E-state index contributed by atoms with van der Waals surface area (Å²) in [5, 5.41) is 3.27. The molecular weight excluding hydrogens is 291 g/mol. The number of nitrogens with one attached hydrogen (secondary N) is 1. The van der Waals surface area contributed by atoms with Crippen LogP contribution < -0.4 is 5.32 Å². The van der Waals surface area contributed by atoms with Gasteiger partial charge in [0.25, 0.3) is 5.91 Å². The van der Waals surface area contributed by atoms with Gasteiger partial charge in [0, 0.05) is 17.6 Å². The predicted octanol–water partition coefficient (Wildman–Crippen LogP) is 2.39. The fourth-order valence-corrected chi connectivity index (χ4v) is 2.12. The normalized spacial score (nSPS) is 10.6. The van der Waals surface area contributed by atoms with Crippen molar-refractivity contribution in [2.24, 2.45) is 0 Å². The van der Waals surface area contributed by atoms with Crippen LogP contribution in [0.5, 0.6) is 0 Å². The van der Waals surface area contributed by atoms with Crippen molar-refractivity contribution >= 4 is 33.4 Å². The van der Waals surface area contributed by atoms with Crippen LogP contribution in [0.1, 0.15) is 10.4 Å². The van der Waals surface area contributed by atoms with Crippen molar-refractivity contribution in [3.05, 3.63) is 33.3 Å². The summed E-state index contributed by atoms with van der Waals surface area (Å²) in [6.45, 7) is 1.40. The fourth-order valence-electron chi connectivity index (χ4n) is 1.20. The molecule has 0 unspecified atom stereocenters. The zero-order valence-corrected chi connectivity index (χ0v) is 11.6. The minimum atomic E-state index is -0.153. The number of likely N-dealkylation sites (N-methyl/N-ethyl adjacent to an activating group) is 1. The molecule has 0 atom stereocenters. The highest BCUT2D eigenvalue weighted by atomic mass is 79.9. The molecule has 0 spiro atoms. The summed E-state index contributed by atoms with van der Waals surface area (Å²) in [4.78, 5) is 13.8. The highest BCUT2D eigenvalue weighted by molar-refractivity contribution is 9.10. The number of amides is 1. The molecule has 0 heterocycles. The number of nitrogens with zero attached hydrogens (tertiary/aromatic N) is 1. The molecular formula is C11H14BrClN2O. The van der Waals surface area contributed by atoms with E-state index in [-0.39, 0.29) is 5.91 Å². The third-order valence-electron chi connectivity index (χ3n) is 2.03. The molecule has 5 heteroatoms. The van der Waals surface area contributed by atoms with Crippen LogP contribution in [0.15, 0.2) is 22.7 Å². The number of hydrogen-bond acceptors (Lipinski definition) is 2. The molecule has 0 fully saturated rings. The average Bonchev–Trinajstić information content (AvgIpc) is 2.16. The van der Waals surface area contributed by atoms with E-state index in [1.54, 1.807) is 18.2 Å². The number of halogens is 2. The van der Waals surface area contributed by atoms with Crippen LogP contribution in [0.2, 0.25) is 5.02 Å². The van der Waals surface area contributed by atoms with Crippen molar-refractivity contribution in [3.8, 4) is 0 Å². The largest absolute Gasteiger partial charge is 0.351 e. The Morgan fingerprint density at radius 3 is 2.75 bits per heavy atom. The molecule has 0 aliphatic rings. The molecule has 0 saturated heterocycles. The molecule has 3 nitrogen and oxygen atoms in total. The van der Waals surface area contributed by atoms with Crippen LogP contribution in [0.3, 0.4) is 0 Å². The van der Waals surface area contributed by atoms with Crippen LogP contribution in [0, 0.1) is 0 Å². The first-order valence-corrected chi connectivity index (χ1v) is 6.06. The third-order valence-corrected chi connectivity index (χ3v) is 3.01. The number of carbonyl (C=O) groups is 1. The van der Waals surface area contributed by atoms with Gasteiger partial charge in [0.05, 0.1) is 10.6 Å². The Morgan fingerprint density at radius 2 is 2.19 bits per heavy atom. The van der Waals surface area contributed by atoms with Crippen molar-refractivity contribution in [2.75, 3.05) is 27.2 Å². The predicted molar refractivity (Wildman–Crippen MR) is 70.0 cm³/mol. The first-order valence-electron chi connectivity index (χ1n) is 4.89. The lowest BCUT2D eigenvalue weighted by Gasteiger charge is -2.11. The van der Waals surface area contributed by atoms with Gasteiger partial charge in [-0.15, -0.1) is 0 Å². The van der Waals surface area contributed by atoms with Gasteiger partial charge < -0.3 is 10.2 Å². The van der Waals surface area contributed by atoms with Gasteiger partial charge in [0.15, 0.2) is 0 Å². The van der Waals surface area contributed by atoms with Crippen molar-refractivity contribution < 1.29 is 4.79 Å². The Balaban J connectivity index is 2.66. The summed E-state index contributed by atoms with van der Waals surface area (Å²) in [6.07, 6.45) is 0. The van der Waals surface area contributed by atoms with Gasteiger partial charge in [-0.25, -0.2) is 0 Å². The van der Waals surface area contributed by atoms with E-state index in [9.17, 15) is 4.79 Å². The van der Waals surface area contributed by atoms with Gasteiger partial charge >= 0.3 is 0 Å². The second kappa shape index (κ2) is 6.23. The van der Waals surface area contributed by atoms with Crippen LogP contribution in [0.4, 0.5) is 0 Å². The number of carbonyl (C=O) groups excluding carboxylic acids is 1. The van der Waals surface area contributed by atoms with Crippen molar-refractivity contribution in [1.82, 2.24) is 10.2 Å². The van der Waals surface area contributed by atoms with E-state index in [2.05, 4.69) is 21.2 Å². The molecule has 0 saturated carbocycles. The van der Waals surface area contributed by atoms with Crippen LogP contribution >= 0.6 is 27.5 Å². The topological polar surface area (TPSA) is 32.3 Å². The lowest BCUT2D eigenvalue weighted by Crippen LogP contribution is -2.31. The number of rotatable bonds is 4. The fraction of sp³-hybridized carbons (Fsp3) is 0.364. The van der Waals surface area contributed by atoms with Crippen LogP contribution in [-0.2, 0) is 0 Å². The summed E-state index contributed by atoms with van der Waals surface area (Å²) in [5.41, 5.74) is 0.489. The maximum Gasteiger partial charge on any atom is 0.253 e. The minimum absolute atomic E-state index is 0.153. The molecule has 0 bridgehead atoms. The van der Waals surface area contributed by atoms with Gasteiger partial charge in [-0.2, -0.15) is 0 Å². The molecule has 0 aromatic heterocycles. The lowest BCUT2D eigenvalue weighted by atomic mass is 10.2. The minimum Gasteiger partial charge on any atom is -0.351 e. The summed E-state index contributed by atoms with van der Waals surface area (Å²) in [7, 11) is 3.91. The van der Waals surface area contributed by atoms with E-state index in [0.29, 0.717) is 21.6 Å². The van der Waals surface area contributed by atoms with Crippen LogP contribution in [-0.4, -0.2) is 38.0 Å². The van der Waals surface area contributed by atoms with E-state index >= 15 is 0 Å². The summed E-state index contributed by atoms with van der Waals surface area (Å²) in [5.74, 6) is -0.153. The summed E-state index contributed by atoms with van der Waals surface area (Å²) in [6, 6.07) is 5.29. The first kappa shape index (κ1) is 13.5. The van der Waals surface area contributed by atoms with E-state index in [1.165, 1.54) is 0 Å². The van der Waals surface area contributed by atoms with Gasteiger partial charge in [0.1, 0.15) is 0 Å². The van der Waals surface area contributed by atoms with E-state index in [1.807, 2.05) is 19.0 Å².